The third-order valence-corrected chi connectivity index (χ3v) is 18.6. The first-order valence-corrected chi connectivity index (χ1v) is 35.1. The molecule has 2 nitrogen and oxygen atoms in total. The van der Waals surface area contributed by atoms with E-state index in [1.807, 2.05) is 0 Å². The molecule has 0 fully saturated rings. The fourth-order valence-electron chi connectivity index (χ4n) is 13.4. The Morgan fingerprint density at radius 2 is 0.625 bits per heavy atom. The van der Waals surface area contributed by atoms with Crippen LogP contribution in [0.1, 0.15) is 215 Å². The maximum Gasteiger partial charge on any atom is 0.161 e. The van der Waals surface area contributed by atoms with E-state index < -0.39 is 0 Å². The van der Waals surface area contributed by atoms with Crippen LogP contribution in [0.15, 0.2) is 182 Å². The summed E-state index contributed by atoms with van der Waals surface area (Å²) in [4.78, 5) is 11.9. The van der Waals surface area contributed by atoms with E-state index in [2.05, 4.69) is 224 Å². The van der Waals surface area contributed by atoms with Crippen LogP contribution in [0.5, 0.6) is 0 Å². The lowest BCUT2D eigenvalue weighted by atomic mass is 9.86. The first kappa shape index (κ1) is 65.3. The van der Waals surface area contributed by atoms with Crippen molar-refractivity contribution in [2.75, 3.05) is 0 Å². The summed E-state index contributed by atoms with van der Waals surface area (Å²) >= 11 is 0. The third kappa shape index (κ3) is 18.5. The Balaban J connectivity index is 1.27. The van der Waals surface area contributed by atoms with Crippen LogP contribution in [0.4, 0.5) is 0 Å². The van der Waals surface area contributed by atoms with Crippen molar-refractivity contribution in [1.82, 2.24) is 9.97 Å². The predicted octanol–water partition coefficient (Wildman–Crippen LogP) is 26.0. The molecule has 0 aliphatic heterocycles. The van der Waals surface area contributed by atoms with Crippen molar-refractivity contribution in [3.05, 3.63) is 215 Å². The molecule has 0 saturated carbocycles. The molecular formula is C86H104N2. The van der Waals surface area contributed by atoms with Crippen molar-refractivity contribution >= 4 is 0 Å². The Morgan fingerprint density at radius 3 is 1.15 bits per heavy atom. The molecule has 9 aromatic rings. The maximum absolute atomic E-state index is 5.97. The number of hydrogen-bond acceptors (Lipinski definition) is 2. The van der Waals surface area contributed by atoms with Crippen LogP contribution >= 0.6 is 0 Å². The van der Waals surface area contributed by atoms with E-state index in [1.165, 1.54) is 236 Å². The van der Waals surface area contributed by atoms with Crippen molar-refractivity contribution in [2.45, 2.75) is 221 Å². The van der Waals surface area contributed by atoms with Gasteiger partial charge in [0.2, 0.25) is 0 Å². The van der Waals surface area contributed by atoms with Crippen LogP contribution in [0.3, 0.4) is 0 Å². The molecule has 0 amide bonds. The standard InChI is InChI=1S/C86H104N2/c1-7-11-15-19-23-29-46-69-60-81(72(58-66(69)6)47-30-24-20-16-12-8-2)84-64-85(88-86(87-84)83-61-70(67-42-33-27-34-43-67)55-56-79(83)68-44-35-28-36-45-68)82-63-75(48-31-25-21-17-13-9-3)80(62-76(82)49-32-26-22-18-14-10-4)74-52-40-51-73(59-74)78-54-38-37-53-77(78)71-50-39-41-65(5)57-71/h27-28,33-45,50-64H,7-26,29-32,46-49H2,1-6H3. The highest BCUT2D eigenvalue weighted by Crippen LogP contribution is 2.42. The predicted molar refractivity (Wildman–Crippen MR) is 383 cm³/mol. The van der Waals surface area contributed by atoms with E-state index in [9.17, 15) is 0 Å². The molecule has 1 aromatic heterocycles. The lowest BCUT2D eigenvalue weighted by Crippen LogP contribution is -2.04. The summed E-state index contributed by atoms with van der Waals surface area (Å²) in [5, 5.41) is 0. The number of aromatic nitrogens is 2. The minimum absolute atomic E-state index is 0.791. The molecule has 0 unspecified atom stereocenters. The molecule has 0 aliphatic carbocycles. The van der Waals surface area contributed by atoms with E-state index in [1.54, 1.807) is 0 Å². The highest BCUT2D eigenvalue weighted by Gasteiger charge is 2.22. The van der Waals surface area contributed by atoms with E-state index in [0.717, 1.165) is 66.9 Å². The molecule has 0 radical (unpaired) electrons. The van der Waals surface area contributed by atoms with Crippen LogP contribution in [0, 0.1) is 13.8 Å². The third-order valence-electron chi connectivity index (χ3n) is 18.6. The largest absolute Gasteiger partial charge is 0.228 e. The van der Waals surface area contributed by atoms with Crippen molar-refractivity contribution in [3.63, 3.8) is 0 Å². The number of unbranched alkanes of at least 4 members (excludes halogenated alkanes) is 20. The van der Waals surface area contributed by atoms with Gasteiger partial charge in [-0.2, -0.15) is 0 Å². The second-order valence-corrected chi connectivity index (χ2v) is 25.6. The second kappa shape index (κ2) is 35.1. The summed E-state index contributed by atoms with van der Waals surface area (Å²) in [5.41, 5.74) is 26.5. The molecule has 458 valence electrons. The lowest BCUT2D eigenvalue weighted by Gasteiger charge is -2.21. The van der Waals surface area contributed by atoms with Crippen LogP contribution < -0.4 is 0 Å². The van der Waals surface area contributed by atoms with Gasteiger partial charge < -0.3 is 0 Å². The molecule has 1 heterocycles. The molecule has 9 rings (SSSR count). The molecule has 0 N–H and O–H groups in total. The Morgan fingerprint density at radius 1 is 0.239 bits per heavy atom. The highest BCUT2D eigenvalue weighted by atomic mass is 14.9. The molecule has 0 saturated heterocycles. The topological polar surface area (TPSA) is 25.8 Å². The smallest absolute Gasteiger partial charge is 0.161 e. The van der Waals surface area contributed by atoms with Gasteiger partial charge in [0.25, 0.3) is 0 Å². The fourth-order valence-corrected chi connectivity index (χ4v) is 13.4. The summed E-state index contributed by atoms with van der Waals surface area (Å²) in [6, 6.07) is 69.1. The summed E-state index contributed by atoms with van der Waals surface area (Å²) in [5.74, 6) is 0.791. The van der Waals surface area contributed by atoms with Gasteiger partial charge in [-0.05, 0) is 179 Å². The quantitative estimate of drug-likeness (QED) is 0.0366. The summed E-state index contributed by atoms with van der Waals surface area (Å²) in [7, 11) is 0. The number of rotatable bonds is 36. The van der Waals surface area contributed by atoms with Gasteiger partial charge in [-0.1, -0.05) is 313 Å². The average molecular weight is 1170 g/mol. The zero-order valence-corrected chi connectivity index (χ0v) is 55.0. The first-order valence-electron chi connectivity index (χ1n) is 35.1. The van der Waals surface area contributed by atoms with Crippen molar-refractivity contribution in [1.29, 1.82) is 0 Å². The van der Waals surface area contributed by atoms with Crippen LogP contribution in [0.25, 0.3) is 89.5 Å². The van der Waals surface area contributed by atoms with Gasteiger partial charge >= 0.3 is 0 Å². The minimum Gasteiger partial charge on any atom is -0.228 e. The van der Waals surface area contributed by atoms with Gasteiger partial charge in [0.05, 0.1) is 11.4 Å². The zero-order valence-electron chi connectivity index (χ0n) is 55.0. The molecular weight excluding hydrogens is 1060 g/mol. The number of aryl methyl sites for hydroxylation is 6. The highest BCUT2D eigenvalue weighted by molar-refractivity contribution is 5.89. The molecule has 8 aromatic carbocycles. The Labute approximate surface area is 533 Å². The van der Waals surface area contributed by atoms with Gasteiger partial charge in [0, 0.05) is 16.7 Å². The Hall–Kier alpha value is -7.16. The first-order chi connectivity index (χ1) is 43.3. The van der Waals surface area contributed by atoms with E-state index in [0.29, 0.717) is 0 Å². The van der Waals surface area contributed by atoms with Crippen LogP contribution in [-0.4, -0.2) is 9.97 Å². The summed E-state index contributed by atoms with van der Waals surface area (Å²) < 4.78 is 0. The molecule has 88 heavy (non-hydrogen) atoms. The maximum atomic E-state index is 5.97. The fraction of sp³-hybridized carbons (Fsp3) is 0.395. The van der Waals surface area contributed by atoms with Gasteiger partial charge in [0.15, 0.2) is 5.82 Å². The summed E-state index contributed by atoms with van der Waals surface area (Å²) in [6.45, 7) is 13.9. The minimum atomic E-state index is 0.791. The summed E-state index contributed by atoms with van der Waals surface area (Å²) in [6.07, 6.45) is 34.5. The van der Waals surface area contributed by atoms with Gasteiger partial charge in [-0.25, -0.2) is 9.97 Å². The number of benzene rings is 8. The number of hydrogen-bond donors (Lipinski definition) is 0. The molecule has 0 atom stereocenters. The normalized spacial score (nSPS) is 11.4. The molecule has 0 bridgehead atoms. The molecule has 0 aliphatic rings. The van der Waals surface area contributed by atoms with Crippen molar-refractivity contribution in [2.24, 2.45) is 0 Å². The van der Waals surface area contributed by atoms with E-state index >= 15 is 0 Å². The second-order valence-electron chi connectivity index (χ2n) is 25.6. The SMILES string of the molecule is CCCCCCCCc1cc(-c2cc(-c3cc(CCCCCCCC)c(-c4cccc(-c5ccccc5-c5cccc(C)c5)c4)cc3CCCCCCCC)nc(-c3cc(-c4ccccc4)ccc3-c3ccccc3)n2)c(CCCCCCCC)cc1C. The van der Waals surface area contributed by atoms with Crippen molar-refractivity contribution < 1.29 is 0 Å². The molecule has 0 spiro atoms. The lowest BCUT2D eigenvalue weighted by molar-refractivity contribution is 0.605. The van der Waals surface area contributed by atoms with E-state index in [-0.39, 0.29) is 0 Å². The monoisotopic (exact) mass is 1160 g/mol. The van der Waals surface area contributed by atoms with Crippen LogP contribution in [0.2, 0.25) is 0 Å². The van der Waals surface area contributed by atoms with Gasteiger partial charge in [-0.3, -0.25) is 0 Å². The average Bonchev–Trinajstić information content (AvgIpc) is 2.10. The van der Waals surface area contributed by atoms with Crippen LogP contribution in [-0.2, 0) is 25.7 Å². The Bertz CT molecular complexity index is 3550. The van der Waals surface area contributed by atoms with Gasteiger partial charge in [0.1, 0.15) is 0 Å². The Kier molecular flexibility index (Phi) is 26.1. The van der Waals surface area contributed by atoms with E-state index in [4.69, 9.17) is 9.97 Å². The van der Waals surface area contributed by atoms with Crippen molar-refractivity contribution in [3.8, 4) is 89.5 Å². The van der Waals surface area contributed by atoms with Gasteiger partial charge in [-0.15, -0.1) is 0 Å². The zero-order chi connectivity index (χ0) is 61.1. The molecule has 2 heteroatoms. The number of nitrogens with zero attached hydrogens (tertiary/aromatic N) is 2.